The van der Waals surface area contributed by atoms with Crippen molar-refractivity contribution in [1.82, 2.24) is 0 Å². The van der Waals surface area contributed by atoms with Crippen molar-refractivity contribution in [2.24, 2.45) is 0 Å². The highest BCUT2D eigenvalue weighted by Crippen LogP contribution is 2.07. The molecule has 0 spiro atoms. The average molecular weight is 191 g/mol. The number of hydrogen-bond acceptors (Lipinski definition) is 4. The molecule has 72 valence electrons. The molecule has 0 saturated carbocycles. The number of ether oxygens (including phenoxy) is 1. The summed E-state index contributed by atoms with van der Waals surface area (Å²) in [6, 6.07) is 8.43. The first-order valence-electron chi connectivity index (χ1n) is 4.20. The minimum absolute atomic E-state index is 0.307. The van der Waals surface area contributed by atoms with Crippen LogP contribution in [0.5, 0.6) is 5.75 Å². The summed E-state index contributed by atoms with van der Waals surface area (Å²) in [5.74, 6) is 0.533. The molecule has 1 rings (SSSR count). The molecule has 0 saturated heterocycles. The van der Waals surface area contributed by atoms with Gasteiger partial charge in [0, 0.05) is 0 Å². The lowest BCUT2D eigenvalue weighted by atomic mass is 9.80. The molecule has 0 bridgehead atoms. The van der Waals surface area contributed by atoms with E-state index in [1.807, 2.05) is 6.07 Å². The standard InChI is InChI=1S/C9H10BNO3/c11-5-2-6-14-9-4-1-3-8(7-9)10(12)13/h1,3-4,7,12-13H,2,6H2. The van der Waals surface area contributed by atoms with Crippen molar-refractivity contribution in [3.63, 3.8) is 0 Å². The minimum Gasteiger partial charge on any atom is -0.493 e. The minimum atomic E-state index is -1.49. The molecule has 0 aromatic heterocycles. The normalized spacial score (nSPS) is 9.21. The van der Waals surface area contributed by atoms with E-state index in [2.05, 4.69) is 0 Å². The molecule has 0 unspecified atom stereocenters. The molecule has 14 heavy (non-hydrogen) atoms. The van der Waals surface area contributed by atoms with Gasteiger partial charge >= 0.3 is 7.12 Å². The average Bonchev–Trinajstić information content (AvgIpc) is 2.19. The van der Waals surface area contributed by atoms with Crippen LogP contribution in [-0.2, 0) is 0 Å². The number of hydrogen-bond donors (Lipinski definition) is 2. The van der Waals surface area contributed by atoms with E-state index in [-0.39, 0.29) is 0 Å². The number of rotatable bonds is 4. The first-order chi connectivity index (χ1) is 6.74. The molecular formula is C9H10BNO3. The van der Waals surface area contributed by atoms with Crippen LogP contribution >= 0.6 is 0 Å². The molecule has 0 aliphatic heterocycles. The zero-order chi connectivity index (χ0) is 10.4. The van der Waals surface area contributed by atoms with E-state index in [1.165, 1.54) is 6.07 Å². The molecule has 0 heterocycles. The van der Waals surface area contributed by atoms with Gasteiger partial charge < -0.3 is 14.8 Å². The van der Waals surface area contributed by atoms with Crippen molar-refractivity contribution >= 4 is 12.6 Å². The second-order valence-corrected chi connectivity index (χ2v) is 2.70. The Labute approximate surface area is 82.5 Å². The number of nitrogens with zero attached hydrogens (tertiary/aromatic N) is 1. The van der Waals surface area contributed by atoms with Crippen LogP contribution in [0.3, 0.4) is 0 Å². The van der Waals surface area contributed by atoms with Gasteiger partial charge in [0.25, 0.3) is 0 Å². The molecule has 0 fully saturated rings. The van der Waals surface area contributed by atoms with E-state index in [4.69, 9.17) is 20.0 Å². The molecule has 1 aromatic carbocycles. The molecule has 0 radical (unpaired) electrons. The molecule has 0 atom stereocenters. The van der Waals surface area contributed by atoms with Crippen molar-refractivity contribution < 1.29 is 14.8 Å². The Kier molecular flexibility index (Phi) is 3.98. The summed E-state index contributed by atoms with van der Waals surface area (Å²) in [5, 5.41) is 26.0. The van der Waals surface area contributed by atoms with E-state index < -0.39 is 7.12 Å². The predicted molar refractivity (Wildman–Crippen MR) is 52.0 cm³/mol. The van der Waals surface area contributed by atoms with E-state index in [0.29, 0.717) is 24.2 Å². The van der Waals surface area contributed by atoms with Gasteiger partial charge in [0.05, 0.1) is 12.5 Å². The van der Waals surface area contributed by atoms with Crippen LogP contribution in [0, 0.1) is 11.3 Å². The van der Waals surface area contributed by atoms with Crippen molar-refractivity contribution in [2.75, 3.05) is 6.61 Å². The van der Waals surface area contributed by atoms with Gasteiger partial charge in [-0.15, -0.1) is 0 Å². The lowest BCUT2D eigenvalue weighted by molar-refractivity contribution is 0.326. The summed E-state index contributed by atoms with van der Waals surface area (Å²) in [6.45, 7) is 0.307. The third-order valence-corrected chi connectivity index (χ3v) is 1.64. The lowest BCUT2D eigenvalue weighted by Gasteiger charge is -2.05. The van der Waals surface area contributed by atoms with Gasteiger partial charge in [-0.05, 0) is 17.6 Å². The molecule has 0 aliphatic carbocycles. The van der Waals surface area contributed by atoms with Crippen LogP contribution in [0.2, 0.25) is 0 Å². The smallest absolute Gasteiger partial charge is 0.488 e. The highest BCUT2D eigenvalue weighted by Gasteiger charge is 2.10. The van der Waals surface area contributed by atoms with E-state index in [1.54, 1.807) is 18.2 Å². The topological polar surface area (TPSA) is 73.5 Å². The van der Waals surface area contributed by atoms with Crippen molar-refractivity contribution in [2.45, 2.75) is 6.42 Å². The highest BCUT2D eigenvalue weighted by molar-refractivity contribution is 6.58. The first kappa shape index (κ1) is 10.6. The molecule has 1 aromatic rings. The fraction of sp³-hybridized carbons (Fsp3) is 0.222. The Balaban J connectivity index is 2.60. The fourth-order valence-corrected chi connectivity index (χ4v) is 0.979. The summed E-state index contributed by atoms with van der Waals surface area (Å²) in [6.07, 6.45) is 0.311. The van der Waals surface area contributed by atoms with Crippen LogP contribution in [0.15, 0.2) is 24.3 Å². The Morgan fingerprint density at radius 2 is 2.21 bits per heavy atom. The maximum atomic E-state index is 8.87. The molecule has 4 nitrogen and oxygen atoms in total. The second-order valence-electron chi connectivity index (χ2n) is 2.70. The van der Waals surface area contributed by atoms with Gasteiger partial charge in [-0.1, -0.05) is 12.1 Å². The van der Waals surface area contributed by atoms with Crippen LogP contribution < -0.4 is 10.2 Å². The summed E-state index contributed by atoms with van der Waals surface area (Å²) in [7, 11) is -1.49. The van der Waals surface area contributed by atoms with Crippen LogP contribution in [0.25, 0.3) is 0 Å². The summed E-state index contributed by atoms with van der Waals surface area (Å²) >= 11 is 0. The van der Waals surface area contributed by atoms with Gasteiger partial charge in [0.2, 0.25) is 0 Å². The maximum absolute atomic E-state index is 8.87. The zero-order valence-corrected chi connectivity index (χ0v) is 7.55. The molecule has 0 amide bonds. The predicted octanol–water partition coefficient (Wildman–Crippen LogP) is -0.341. The zero-order valence-electron chi connectivity index (χ0n) is 7.55. The van der Waals surface area contributed by atoms with Crippen LogP contribution in [0.1, 0.15) is 6.42 Å². The summed E-state index contributed by atoms with van der Waals surface area (Å²) in [5.41, 5.74) is 0.374. The van der Waals surface area contributed by atoms with Gasteiger partial charge in [-0.2, -0.15) is 5.26 Å². The van der Waals surface area contributed by atoms with Crippen molar-refractivity contribution in [3.05, 3.63) is 24.3 Å². The molecular weight excluding hydrogens is 181 g/mol. The Morgan fingerprint density at radius 1 is 1.43 bits per heavy atom. The van der Waals surface area contributed by atoms with Gasteiger partial charge in [0.1, 0.15) is 12.4 Å². The maximum Gasteiger partial charge on any atom is 0.488 e. The van der Waals surface area contributed by atoms with Gasteiger partial charge in [-0.25, -0.2) is 0 Å². The largest absolute Gasteiger partial charge is 0.493 e. The summed E-state index contributed by atoms with van der Waals surface area (Å²) < 4.78 is 5.19. The highest BCUT2D eigenvalue weighted by atomic mass is 16.5. The van der Waals surface area contributed by atoms with Crippen molar-refractivity contribution in [1.29, 1.82) is 5.26 Å². The van der Waals surface area contributed by atoms with Crippen LogP contribution in [-0.4, -0.2) is 23.8 Å². The number of nitriles is 1. The van der Waals surface area contributed by atoms with Crippen LogP contribution in [0.4, 0.5) is 0 Å². The number of benzene rings is 1. The van der Waals surface area contributed by atoms with Gasteiger partial charge in [-0.3, -0.25) is 0 Å². The lowest BCUT2D eigenvalue weighted by Crippen LogP contribution is -2.29. The van der Waals surface area contributed by atoms with Crippen molar-refractivity contribution in [3.8, 4) is 11.8 Å². The SMILES string of the molecule is N#CCCOc1cccc(B(O)O)c1. The van der Waals surface area contributed by atoms with E-state index in [0.717, 1.165) is 0 Å². The fourth-order valence-electron chi connectivity index (χ4n) is 0.979. The second kappa shape index (κ2) is 5.27. The van der Waals surface area contributed by atoms with E-state index in [9.17, 15) is 0 Å². The first-order valence-corrected chi connectivity index (χ1v) is 4.20. The molecule has 2 N–H and O–H groups in total. The van der Waals surface area contributed by atoms with Gasteiger partial charge in [0.15, 0.2) is 0 Å². The third-order valence-electron chi connectivity index (χ3n) is 1.64. The Bertz CT molecular complexity index is 335. The monoisotopic (exact) mass is 191 g/mol. The quantitative estimate of drug-likeness (QED) is 0.504. The Hall–Kier alpha value is -1.51. The molecule has 5 heteroatoms. The summed E-state index contributed by atoms with van der Waals surface area (Å²) in [4.78, 5) is 0. The third kappa shape index (κ3) is 3.09. The van der Waals surface area contributed by atoms with E-state index >= 15 is 0 Å². The molecule has 0 aliphatic rings. The Morgan fingerprint density at radius 3 is 2.86 bits per heavy atom.